The fourth-order valence-electron chi connectivity index (χ4n) is 1.25. The number of rotatable bonds is 0. The fourth-order valence-corrected chi connectivity index (χ4v) is 1.50. The van der Waals surface area contributed by atoms with Gasteiger partial charge in [0.25, 0.3) is 0 Å². The van der Waals surface area contributed by atoms with Gasteiger partial charge in [0.05, 0.1) is 10.0 Å². The maximum Gasteiger partial charge on any atom is 0.134 e. The van der Waals surface area contributed by atoms with E-state index in [0.29, 0.717) is 10.0 Å². The van der Waals surface area contributed by atoms with Gasteiger partial charge in [-0.25, -0.2) is 0 Å². The van der Waals surface area contributed by atoms with E-state index in [1.165, 1.54) is 0 Å². The number of hydrogen-bond donors (Lipinski definition) is 2. The molecule has 0 aliphatic carbocycles. The lowest BCUT2D eigenvalue weighted by Gasteiger charge is -1.97. The fraction of sp³-hybridized carbons (Fsp3) is 0.143. The molecule has 2 aromatic carbocycles. The highest BCUT2D eigenvalue weighted by Crippen LogP contribution is 2.25. The molecule has 18 heavy (non-hydrogen) atoms. The van der Waals surface area contributed by atoms with Gasteiger partial charge in [0.15, 0.2) is 0 Å². The third kappa shape index (κ3) is 4.13. The highest BCUT2D eigenvalue weighted by Gasteiger charge is 1.97. The Morgan fingerprint density at radius 3 is 2.00 bits per heavy atom. The van der Waals surface area contributed by atoms with E-state index in [-0.39, 0.29) is 11.5 Å². The van der Waals surface area contributed by atoms with Crippen LogP contribution in [-0.2, 0) is 0 Å². The molecule has 0 saturated heterocycles. The van der Waals surface area contributed by atoms with Crippen LogP contribution in [0.1, 0.15) is 11.1 Å². The SMILES string of the molecule is Cc1ccc(Cl)c(O)c1.Cc1cccc(O)c1Cl. The van der Waals surface area contributed by atoms with Crippen molar-refractivity contribution in [3.8, 4) is 11.5 Å². The molecule has 0 aliphatic heterocycles. The van der Waals surface area contributed by atoms with Crippen molar-refractivity contribution >= 4 is 23.2 Å². The molecule has 0 saturated carbocycles. The number of benzene rings is 2. The Morgan fingerprint density at radius 2 is 1.56 bits per heavy atom. The Kier molecular flexibility index (Phi) is 5.32. The number of aryl methyl sites for hydroxylation is 2. The third-order valence-electron chi connectivity index (χ3n) is 2.27. The second-order valence-electron chi connectivity index (χ2n) is 3.86. The van der Waals surface area contributed by atoms with E-state index in [1.54, 1.807) is 24.3 Å². The van der Waals surface area contributed by atoms with Crippen LogP contribution in [0, 0.1) is 13.8 Å². The van der Waals surface area contributed by atoms with Crippen molar-refractivity contribution in [1.82, 2.24) is 0 Å². The summed E-state index contributed by atoms with van der Waals surface area (Å²) in [7, 11) is 0. The van der Waals surface area contributed by atoms with Crippen molar-refractivity contribution in [2.24, 2.45) is 0 Å². The number of halogens is 2. The Balaban J connectivity index is 0.000000180. The summed E-state index contributed by atoms with van der Waals surface area (Å²) in [5, 5.41) is 18.8. The van der Waals surface area contributed by atoms with Gasteiger partial charge in [-0.05, 0) is 43.2 Å². The normalized spacial score (nSPS) is 9.56. The summed E-state index contributed by atoms with van der Waals surface area (Å²) < 4.78 is 0. The first-order valence-corrected chi connectivity index (χ1v) is 6.06. The summed E-state index contributed by atoms with van der Waals surface area (Å²) in [4.78, 5) is 0. The van der Waals surface area contributed by atoms with Crippen LogP contribution in [0.25, 0.3) is 0 Å². The first-order chi connectivity index (χ1) is 8.41. The molecule has 2 N–H and O–H groups in total. The molecule has 0 atom stereocenters. The van der Waals surface area contributed by atoms with Crippen molar-refractivity contribution in [3.63, 3.8) is 0 Å². The molecule has 0 radical (unpaired) electrons. The zero-order valence-corrected chi connectivity index (χ0v) is 11.6. The number of phenolic OH excluding ortho intramolecular Hbond substituents is 2. The van der Waals surface area contributed by atoms with Crippen LogP contribution in [0.4, 0.5) is 0 Å². The molecule has 0 bridgehead atoms. The maximum atomic E-state index is 8.97. The van der Waals surface area contributed by atoms with Gasteiger partial charge in [0, 0.05) is 0 Å². The molecule has 4 heteroatoms. The van der Waals surface area contributed by atoms with Crippen LogP contribution in [-0.4, -0.2) is 10.2 Å². The number of hydrogen-bond acceptors (Lipinski definition) is 2. The monoisotopic (exact) mass is 284 g/mol. The van der Waals surface area contributed by atoms with Gasteiger partial charge in [-0.3, -0.25) is 0 Å². The lowest BCUT2D eigenvalue weighted by Crippen LogP contribution is -1.72. The van der Waals surface area contributed by atoms with Crippen molar-refractivity contribution in [2.75, 3.05) is 0 Å². The molecule has 96 valence electrons. The van der Waals surface area contributed by atoms with Gasteiger partial charge >= 0.3 is 0 Å². The Morgan fingerprint density at radius 1 is 0.889 bits per heavy atom. The molecule has 0 spiro atoms. The van der Waals surface area contributed by atoms with E-state index in [2.05, 4.69) is 0 Å². The van der Waals surface area contributed by atoms with Crippen LogP contribution in [0.2, 0.25) is 10.0 Å². The molecule has 0 aliphatic rings. The molecular weight excluding hydrogens is 271 g/mol. The molecule has 2 aromatic rings. The Labute approximate surface area is 116 Å². The van der Waals surface area contributed by atoms with E-state index in [0.717, 1.165) is 11.1 Å². The minimum atomic E-state index is 0.150. The molecular formula is C14H14Cl2O2. The zero-order valence-electron chi connectivity index (χ0n) is 10.1. The van der Waals surface area contributed by atoms with Crippen LogP contribution >= 0.6 is 23.2 Å². The first kappa shape index (κ1) is 14.7. The molecule has 2 rings (SSSR count). The standard InChI is InChI=1S/2C7H7ClO/c1-5-2-3-6(8)7(9)4-5;1-5-3-2-4-6(9)7(5)8/h2*2-4,9H,1H3. The largest absolute Gasteiger partial charge is 0.506 e. The van der Waals surface area contributed by atoms with Crippen LogP contribution in [0.5, 0.6) is 11.5 Å². The van der Waals surface area contributed by atoms with Gasteiger partial charge in [0.2, 0.25) is 0 Å². The minimum Gasteiger partial charge on any atom is -0.506 e. The second-order valence-corrected chi connectivity index (χ2v) is 4.65. The summed E-state index contributed by atoms with van der Waals surface area (Å²) in [5.41, 5.74) is 1.91. The van der Waals surface area contributed by atoms with E-state index in [1.807, 2.05) is 26.0 Å². The Bertz CT molecular complexity index is 519. The smallest absolute Gasteiger partial charge is 0.134 e. The lowest BCUT2D eigenvalue weighted by atomic mass is 10.2. The van der Waals surface area contributed by atoms with Crippen molar-refractivity contribution in [2.45, 2.75) is 13.8 Å². The highest BCUT2D eigenvalue weighted by molar-refractivity contribution is 6.32. The van der Waals surface area contributed by atoms with Gasteiger partial charge in [-0.2, -0.15) is 0 Å². The number of aromatic hydroxyl groups is 2. The van der Waals surface area contributed by atoms with Crippen molar-refractivity contribution < 1.29 is 10.2 Å². The van der Waals surface area contributed by atoms with Crippen LogP contribution < -0.4 is 0 Å². The molecule has 0 unspecified atom stereocenters. The van der Waals surface area contributed by atoms with Crippen LogP contribution in [0.3, 0.4) is 0 Å². The summed E-state index contributed by atoms with van der Waals surface area (Å²) >= 11 is 11.2. The molecule has 2 nitrogen and oxygen atoms in total. The van der Waals surface area contributed by atoms with Gasteiger partial charge in [0.1, 0.15) is 11.5 Å². The lowest BCUT2D eigenvalue weighted by molar-refractivity contribution is 0.474. The molecule has 0 amide bonds. The summed E-state index contributed by atoms with van der Waals surface area (Å²) in [5.74, 6) is 0.299. The van der Waals surface area contributed by atoms with E-state index in [9.17, 15) is 0 Å². The summed E-state index contributed by atoms with van der Waals surface area (Å²) in [6.45, 7) is 3.75. The molecule has 0 aromatic heterocycles. The summed E-state index contributed by atoms with van der Waals surface area (Å²) in [6.07, 6.45) is 0. The van der Waals surface area contributed by atoms with Gasteiger partial charge in [-0.15, -0.1) is 0 Å². The van der Waals surface area contributed by atoms with Crippen molar-refractivity contribution in [3.05, 3.63) is 57.6 Å². The Hall–Kier alpha value is -1.38. The zero-order chi connectivity index (χ0) is 13.7. The average Bonchev–Trinajstić information content (AvgIpc) is 2.32. The van der Waals surface area contributed by atoms with E-state index in [4.69, 9.17) is 33.4 Å². The predicted octanol–water partition coefficient (Wildman–Crippen LogP) is 4.71. The average molecular weight is 285 g/mol. The van der Waals surface area contributed by atoms with Gasteiger partial charge < -0.3 is 10.2 Å². The maximum absolute atomic E-state index is 8.97. The highest BCUT2D eigenvalue weighted by atomic mass is 35.5. The molecule has 0 heterocycles. The minimum absolute atomic E-state index is 0.150. The van der Waals surface area contributed by atoms with Gasteiger partial charge in [-0.1, -0.05) is 41.4 Å². The third-order valence-corrected chi connectivity index (χ3v) is 3.08. The van der Waals surface area contributed by atoms with E-state index >= 15 is 0 Å². The predicted molar refractivity (Wildman–Crippen MR) is 75.7 cm³/mol. The topological polar surface area (TPSA) is 40.5 Å². The number of phenols is 2. The quantitative estimate of drug-likeness (QED) is 0.736. The van der Waals surface area contributed by atoms with Crippen molar-refractivity contribution in [1.29, 1.82) is 0 Å². The van der Waals surface area contributed by atoms with Crippen LogP contribution in [0.15, 0.2) is 36.4 Å². The first-order valence-electron chi connectivity index (χ1n) is 5.31. The molecule has 0 fully saturated rings. The van der Waals surface area contributed by atoms with E-state index < -0.39 is 0 Å². The second kappa shape index (κ2) is 6.53. The summed E-state index contributed by atoms with van der Waals surface area (Å²) in [6, 6.07) is 10.3.